The maximum atomic E-state index is 11.0. The Kier molecular flexibility index (Phi) is 4.02. The lowest BCUT2D eigenvalue weighted by molar-refractivity contribution is -0.131. The normalized spacial score (nSPS) is 10.1. The van der Waals surface area contributed by atoms with Crippen LogP contribution in [0.5, 0.6) is 0 Å². The predicted octanol–water partition coefficient (Wildman–Crippen LogP) is 0.931. The second kappa shape index (κ2) is 5.50. The summed E-state index contributed by atoms with van der Waals surface area (Å²) in [5, 5.41) is 13.3. The van der Waals surface area contributed by atoms with E-state index in [0.717, 1.165) is 6.08 Å². The van der Waals surface area contributed by atoms with E-state index >= 15 is 0 Å². The molecule has 0 aromatic carbocycles. The summed E-state index contributed by atoms with van der Waals surface area (Å²) >= 11 is 0. The third-order valence-electron chi connectivity index (χ3n) is 1.67. The number of nitrogens with one attached hydrogen (secondary N) is 2. The number of anilines is 1. The van der Waals surface area contributed by atoms with Crippen LogP contribution < -0.4 is 10.6 Å². The third kappa shape index (κ3) is 3.79. The second-order valence-corrected chi connectivity index (χ2v) is 2.85. The number of nitrogens with zero attached hydrogens (tertiary/aromatic N) is 1. The molecule has 0 aliphatic heterocycles. The van der Waals surface area contributed by atoms with Gasteiger partial charge in [0, 0.05) is 19.3 Å². The summed E-state index contributed by atoms with van der Waals surface area (Å²) in [6.07, 6.45) is 3.91. The Bertz CT molecular complexity index is 429. The van der Waals surface area contributed by atoms with E-state index in [9.17, 15) is 9.59 Å². The highest BCUT2D eigenvalue weighted by Crippen LogP contribution is 2.08. The molecule has 0 atom stereocenters. The summed E-state index contributed by atoms with van der Waals surface area (Å²) in [4.78, 5) is 25.2. The summed E-state index contributed by atoms with van der Waals surface area (Å²) in [6, 6.07) is 2.82. The van der Waals surface area contributed by atoms with Gasteiger partial charge in [-0.2, -0.15) is 0 Å². The van der Waals surface area contributed by atoms with E-state index in [1.54, 1.807) is 12.1 Å². The molecule has 6 nitrogen and oxygen atoms in total. The minimum Gasteiger partial charge on any atom is -0.478 e. The van der Waals surface area contributed by atoms with Crippen molar-refractivity contribution in [3.8, 4) is 0 Å². The molecule has 1 aromatic heterocycles. The van der Waals surface area contributed by atoms with Crippen LogP contribution in [0.15, 0.2) is 24.4 Å². The van der Waals surface area contributed by atoms with Crippen LogP contribution in [0, 0.1) is 0 Å². The standard InChI is InChI=1S/C10H11N3O3/c1-11-10(16)13-8-6-7(4-5-12-8)2-3-9(14)15/h2-6H,1H3,(H,14,15)(H2,11,12,13,16)/b3-2+. The van der Waals surface area contributed by atoms with Gasteiger partial charge in [0.25, 0.3) is 0 Å². The Morgan fingerprint density at radius 3 is 2.88 bits per heavy atom. The van der Waals surface area contributed by atoms with Gasteiger partial charge >= 0.3 is 12.0 Å². The first kappa shape index (κ1) is 11.7. The number of aliphatic carboxylic acids is 1. The van der Waals surface area contributed by atoms with E-state index < -0.39 is 5.97 Å². The maximum Gasteiger partial charge on any atom is 0.328 e. The first-order valence-corrected chi connectivity index (χ1v) is 4.47. The summed E-state index contributed by atoms with van der Waals surface area (Å²) in [5.41, 5.74) is 0.642. The van der Waals surface area contributed by atoms with E-state index in [1.165, 1.54) is 19.3 Å². The lowest BCUT2D eigenvalue weighted by Gasteiger charge is -2.03. The van der Waals surface area contributed by atoms with Gasteiger partial charge in [-0.3, -0.25) is 5.32 Å². The second-order valence-electron chi connectivity index (χ2n) is 2.85. The highest BCUT2D eigenvalue weighted by molar-refractivity contribution is 5.89. The van der Waals surface area contributed by atoms with Crippen molar-refractivity contribution in [3.05, 3.63) is 30.0 Å². The Morgan fingerprint density at radius 2 is 2.25 bits per heavy atom. The van der Waals surface area contributed by atoms with E-state index in [2.05, 4.69) is 15.6 Å². The van der Waals surface area contributed by atoms with Crippen LogP contribution in [-0.4, -0.2) is 29.1 Å². The molecule has 16 heavy (non-hydrogen) atoms. The largest absolute Gasteiger partial charge is 0.478 e. The minimum atomic E-state index is -1.03. The molecule has 1 rings (SSSR count). The summed E-state index contributed by atoms with van der Waals surface area (Å²) in [6.45, 7) is 0. The molecule has 0 unspecified atom stereocenters. The number of rotatable bonds is 3. The summed E-state index contributed by atoms with van der Waals surface area (Å²) in [7, 11) is 1.49. The van der Waals surface area contributed by atoms with Gasteiger partial charge in [-0.05, 0) is 23.8 Å². The van der Waals surface area contributed by atoms with Gasteiger partial charge in [0.1, 0.15) is 5.82 Å². The number of carboxylic acid groups (broad SMARTS) is 1. The van der Waals surface area contributed by atoms with E-state index in [0.29, 0.717) is 11.4 Å². The van der Waals surface area contributed by atoms with Crippen LogP contribution in [-0.2, 0) is 4.79 Å². The van der Waals surface area contributed by atoms with Crippen molar-refractivity contribution in [2.45, 2.75) is 0 Å². The molecule has 2 amide bonds. The van der Waals surface area contributed by atoms with Crippen molar-refractivity contribution in [1.29, 1.82) is 0 Å². The number of carbonyl (C=O) groups is 2. The zero-order valence-corrected chi connectivity index (χ0v) is 8.60. The van der Waals surface area contributed by atoms with Gasteiger partial charge in [-0.15, -0.1) is 0 Å². The quantitative estimate of drug-likeness (QED) is 0.662. The molecule has 0 saturated carbocycles. The molecule has 0 bridgehead atoms. The van der Waals surface area contributed by atoms with E-state index in [4.69, 9.17) is 5.11 Å². The summed E-state index contributed by atoms with van der Waals surface area (Å²) in [5.74, 6) is -0.676. The van der Waals surface area contributed by atoms with Gasteiger partial charge in [0.2, 0.25) is 0 Å². The van der Waals surface area contributed by atoms with Crippen molar-refractivity contribution in [1.82, 2.24) is 10.3 Å². The fourth-order valence-corrected chi connectivity index (χ4v) is 0.965. The molecule has 1 heterocycles. The lowest BCUT2D eigenvalue weighted by atomic mass is 10.2. The fraction of sp³-hybridized carbons (Fsp3) is 0.100. The number of urea groups is 1. The van der Waals surface area contributed by atoms with Crippen LogP contribution in [0.3, 0.4) is 0 Å². The maximum absolute atomic E-state index is 11.0. The topological polar surface area (TPSA) is 91.3 Å². The Labute approximate surface area is 92.0 Å². The van der Waals surface area contributed by atoms with Gasteiger partial charge in [-0.25, -0.2) is 14.6 Å². The van der Waals surface area contributed by atoms with Crippen molar-refractivity contribution < 1.29 is 14.7 Å². The first-order valence-electron chi connectivity index (χ1n) is 4.47. The Hall–Kier alpha value is -2.37. The fourth-order valence-electron chi connectivity index (χ4n) is 0.965. The molecule has 84 valence electrons. The molecular weight excluding hydrogens is 210 g/mol. The van der Waals surface area contributed by atoms with Crippen LogP contribution in [0.4, 0.5) is 10.6 Å². The van der Waals surface area contributed by atoms with Crippen LogP contribution in [0.25, 0.3) is 6.08 Å². The number of hydrogen-bond acceptors (Lipinski definition) is 3. The number of amides is 2. The smallest absolute Gasteiger partial charge is 0.328 e. The van der Waals surface area contributed by atoms with Crippen LogP contribution in [0.2, 0.25) is 0 Å². The molecule has 6 heteroatoms. The molecule has 0 aliphatic rings. The van der Waals surface area contributed by atoms with Crippen LogP contribution in [0.1, 0.15) is 5.56 Å². The minimum absolute atomic E-state index is 0.354. The van der Waals surface area contributed by atoms with Crippen LogP contribution >= 0.6 is 0 Å². The highest BCUT2D eigenvalue weighted by Gasteiger charge is 1.99. The Balaban J connectivity index is 2.78. The molecule has 0 saturated heterocycles. The molecule has 0 radical (unpaired) electrons. The monoisotopic (exact) mass is 221 g/mol. The van der Waals surface area contributed by atoms with Gasteiger partial charge in [-0.1, -0.05) is 0 Å². The molecule has 1 aromatic rings. The van der Waals surface area contributed by atoms with Gasteiger partial charge in [0.05, 0.1) is 0 Å². The predicted molar refractivity (Wildman–Crippen MR) is 59.0 cm³/mol. The lowest BCUT2D eigenvalue weighted by Crippen LogP contribution is -2.24. The third-order valence-corrected chi connectivity index (χ3v) is 1.67. The zero-order valence-electron chi connectivity index (χ0n) is 8.60. The molecule has 3 N–H and O–H groups in total. The number of aromatic nitrogens is 1. The van der Waals surface area contributed by atoms with Crippen molar-refractivity contribution >= 4 is 23.9 Å². The highest BCUT2D eigenvalue weighted by atomic mass is 16.4. The average molecular weight is 221 g/mol. The summed E-state index contributed by atoms with van der Waals surface area (Å²) < 4.78 is 0. The molecule has 0 fully saturated rings. The SMILES string of the molecule is CNC(=O)Nc1cc(/C=C/C(=O)O)ccn1. The zero-order chi connectivity index (χ0) is 12.0. The van der Waals surface area contributed by atoms with E-state index in [1.807, 2.05) is 0 Å². The number of carboxylic acids is 1. The average Bonchev–Trinajstić information content (AvgIpc) is 2.26. The number of hydrogen-bond donors (Lipinski definition) is 3. The molecule has 0 aliphatic carbocycles. The van der Waals surface area contributed by atoms with Gasteiger partial charge in [0.15, 0.2) is 0 Å². The Morgan fingerprint density at radius 1 is 1.50 bits per heavy atom. The first-order chi connectivity index (χ1) is 7.61. The number of carbonyl (C=O) groups excluding carboxylic acids is 1. The molecular formula is C10H11N3O3. The van der Waals surface area contributed by atoms with Crippen molar-refractivity contribution in [2.24, 2.45) is 0 Å². The van der Waals surface area contributed by atoms with Crippen molar-refractivity contribution in [2.75, 3.05) is 12.4 Å². The van der Waals surface area contributed by atoms with E-state index in [-0.39, 0.29) is 6.03 Å². The van der Waals surface area contributed by atoms with Crippen molar-refractivity contribution in [3.63, 3.8) is 0 Å². The molecule has 0 spiro atoms. The van der Waals surface area contributed by atoms with Gasteiger partial charge < -0.3 is 10.4 Å². The number of pyridine rings is 1.